The van der Waals surface area contributed by atoms with Crippen LogP contribution in [0.3, 0.4) is 0 Å². The summed E-state index contributed by atoms with van der Waals surface area (Å²) in [4.78, 5) is 15.3. The van der Waals surface area contributed by atoms with E-state index in [-0.39, 0.29) is 19.3 Å². The minimum Gasteiger partial charge on any atom is -0.481 e. The first-order valence-electron chi connectivity index (χ1n) is 9.95. The molecule has 0 spiro atoms. The lowest BCUT2D eigenvalue weighted by atomic mass is 10.0. The second kappa shape index (κ2) is 7.96. The van der Waals surface area contributed by atoms with Crippen molar-refractivity contribution in [2.24, 2.45) is 0 Å². The van der Waals surface area contributed by atoms with Crippen LogP contribution in [0.5, 0.6) is 17.2 Å². The number of carbonyl (C=O) groups is 1. The third-order valence-electron chi connectivity index (χ3n) is 5.34. The molecule has 1 atom stereocenters. The van der Waals surface area contributed by atoms with Crippen LogP contribution >= 0.6 is 0 Å². The first-order valence-corrected chi connectivity index (χ1v) is 9.95. The number of ether oxygens (including phenoxy) is 3. The summed E-state index contributed by atoms with van der Waals surface area (Å²) in [6.45, 7) is 0.736. The van der Waals surface area contributed by atoms with E-state index in [4.69, 9.17) is 20.6 Å². The molecule has 0 saturated heterocycles. The van der Waals surface area contributed by atoms with Gasteiger partial charge in [0.25, 0.3) is 5.91 Å². The summed E-state index contributed by atoms with van der Waals surface area (Å²) in [6.07, 6.45) is 4.96. The van der Waals surface area contributed by atoms with Crippen LogP contribution in [0.2, 0.25) is 0 Å². The molecular formula is C25H20N2O4. The van der Waals surface area contributed by atoms with Gasteiger partial charge in [0, 0.05) is 17.8 Å². The van der Waals surface area contributed by atoms with Gasteiger partial charge in [0.15, 0.2) is 11.5 Å². The van der Waals surface area contributed by atoms with Gasteiger partial charge < -0.3 is 24.4 Å². The van der Waals surface area contributed by atoms with Crippen LogP contribution in [0, 0.1) is 12.3 Å². The quantitative estimate of drug-likeness (QED) is 0.637. The van der Waals surface area contributed by atoms with Gasteiger partial charge in [-0.15, -0.1) is 6.42 Å². The molecule has 0 aliphatic carbocycles. The Labute approximate surface area is 180 Å². The highest BCUT2D eigenvalue weighted by molar-refractivity contribution is 6.01. The number of rotatable bonds is 5. The van der Waals surface area contributed by atoms with Gasteiger partial charge in [-0.2, -0.15) is 0 Å². The Bertz CT molecular complexity index is 1180. The second-order valence-corrected chi connectivity index (χ2v) is 7.24. The summed E-state index contributed by atoms with van der Waals surface area (Å²) in [7, 11) is 0. The van der Waals surface area contributed by atoms with Crippen LogP contribution < -0.4 is 19.5 Å². The summed E-state index contributed by atoms with van der Waals surface area (Å²) in [5.74, 6) is 4.47. The maximum absolute atomic E-state index is 13.5. The van der Waals surface area contributed by atoms with Crippen LogP contribution in [0.15, 0.2) is 66.7 Å². The Hall–Kier alpha value is -4.11. The summed E-state index contributed by atoms with van der Waals surface area (Å²) >= 11 is 0. The Balaban J connectivity index is 1.55. The number of para-hydroxylation sites is 2. The first kappa shape index (κ1) is 18.9. The molecule has 0 aromatic heterocycles. The smallest absolute Gasteiger partial charge is 0.258 e. The second-order valence-electron chi connectivity index (χ2n) is 7.24. The van der Waals surface area contributed by atoms with Crippen molar-refractivity contribution >= 4 is 11.6 Å². The molecule has 0 unspecified atom stereocenters. The van der Waals surface area contributed by atoms with Crippen molar-refractivity contribution < 1.29 is 19.0 Å². The number of anilines is 1. The van der Waals surface area contributed by atoms with E-state index in [1.165, 1.54) is 0 Å². The highest BCUT2D eigenvalue weighted by Crippen LogP contribution is 2.39. The Morgan fingerprint density at radius 1 is 1.06 bits per heavy atom. The van der Waals surface area contributed by atoms with E-state index in [0.29, 0.717) is 29.4 Å². The van der Waals surface area contributed by atoms with Gasteiger partial charge >= 0.3 is 0 Å². The van der Waals surface area contributed by atoms with Crippen molar-refractivity contribution in [2.75, 3.05) is 18.7 Å². The van der Waals surface area contributed by atoms with Gasteiger partial charge in [-0.3, -0.25) is 4.79 Å². The van der Waals surface area contributed by atoms with Crippen LogP contribution in [0.25, 0.3) is 0 Å². The number of hydrogen-bond donors (Lipinski definition) is 1. The monoisotopic (exact) mass is 412 g/mol. The van der Waals surface area contributed by atoms with Crippen molar-refractivity contribution in [1.82, 2.24) is 4.90 Å². The fourth-order valence-corrected chi connectivity index (χ4v) is 3.89. The molecule has 2 aliphatic heterocycles. The fraction of sp³-hybridized carbons (Fsp3) is 0.160. The zero-order chi connectivity index (χ0) is 21.2. The van der Waals surface area contributed by atoms with Crippen LogP contribution in [0.4, 0.5) is 5.69 Å². The zero-order valence-electron chi connectivity index (χ0n) is 16.7. The standard InChI is InChI=1S/C25H20N2O4/c1-2-13-29-21-10-6-4-8-19(21)24-26-20-9-5-3-7-18(20)25(28)27(24)15-17-11-12-22-23(14-17)31-16-30-22/h1,3-12,14,24,26H,13,15-16H2/t24-/m0/s1. The molecule has 6 nitrogen and oxygen atoms in total. The molecule has 0 saturated carbocycles. The van der Waals surface area contributed by atoms with E-state index in [1.807, 2.05) is 66.7 Å². The number of carbonyl (C=O) groups excluding carboxylic acids is 1. The molecule has 1 N–H and O–H groups in total. The Morgan fingerprint density at radius 2 is 1.87 bits per heavy atom. The molecule has 5 rings (SSSR count). The number of nitrogens with zero attached hydrogens (tertiary/aromatic N) is 1. The van der Waals surface area contributed by atoms with Gasteiger partial charge in [-0.1, -0.05) is 42.3 Å². The minimum absolute atomic E-state index is 0.0660. The van der Waals surface area contributed by atoms with Gasteiger partial charge in [-0.05, 0) is 35.9 Å². The van der Waals surface area contributed by atoms with Crippen LogP contribution in [-0.4, -0.2) is 24.2 Å². The molecular weight excluding hydrogens is 392 g/mol. The minimum atomic E-state index is -0.429. The summed E-state index contributed by atoms with van der Waals surface area (Å²) in [5, 5.41) is 3.50. The Morgan fingerprint density at radius 3 is 2.77 bits per heavy atom. The van der Waals surface area contributed by atoms with E-state index < -0.39 is 6.17 Å². The highest BCUT2D eigenvalue weighted by atomic mass is 16.7. The lowest BCUT2D eigenvalue weighted by Gasteiger charge is -2.38. The van der Waals surface area contributed by atoms with E-state index in [9.17, 15) is 4.79 Å². The average molecular weight is 412 g/mol. The van der Waals surface area contributed by atoms with Crippen molar-refractivity contribution in [2.45, 2.75) is 12.7 Å². The summed E-state index contributed by atoms with van der Waals surface area (Å²) in [5.41, 5.74) is 3.18. The van der Waals surface area contributed by atoms with E-state index in [2.05, 4.69) is 11.2 Å². The molecule has 6 heteroatoms. The topological polar surface area (TPSA) is 60.0 Å². The molecule has 0 bridgehead atoms. The SMILES string of the molecule is C#CCOc1ccccc1[C@H]1Nc2ccccc2C(=O)N1Cc1ccc2c(c1)OCO2. The predicted molar refractivity (Wildman–Crippen MR) is 116 cm³/mol. The maximum atomic E-state index is 13.5. The number of benzene rings is 3. The predicted octanol–water partition coefficient (Wildman–Crippen LogP) is 4.19. The van der Waals surface area contributed by atoms with E-state index in [0.717, 1.165) is 16.8 Å². The molecule has 0 radical (unpaired) electrons. The average Bonchev–Trinajstić information content (AvgIpc) is 3.28. The summed E-state index contributed by atoms with van der Waals surface area (Å²) < 4.78 is 16.7. The number of nitrogens with one attached hydrogen (secondary N) is 1. The Kier molecular flexibility index (Phi) is 4.85. The van der Waals surface area contributed by atoms with Crippen molar-refractivity contribution in [3.8, 4) is 29.6 Å². The molecule has 3 aromatic carbocycles. The summed E-state index contributed by atoms with van der Waals surface area (Å²) in [6, 6.07) is 20.8. The number of hydrogen-bond acceptors (Lipinski definition) is 5. The first-order chi connectivity index (χ1) is 15.2. The molecule has 31 heavy (non-hydrogen) atoms. The molecule has 3 aromatic rings. The van der Waals surface area contributed by atoms with Gasteiger partial charge in [-0.25, -0.2) is 0 Å². The third-order valence-corrected chi connectivity index (χ3v) is 5.34. The number of terminal acetylenes is 1. The van der Waals surface area contributed by atoms with Crippen LogP contribution in [-0.2, 0) is 6.54 Å². The van der Waals surface area contributed by atoms with Gasteiger partial charge in [0.2, 0.25) is 6.79 Å². The zero-order valence-corrected chi connectivity index (χ0v) is 16.7. The van der Waals surface area contributed by atoms with Crippen LogP contribution in [0.1, 0.15) is 27.7 Å². The molecule has 1 amide bonds. The maximum Gasteiger partial charge on any atom is 0.258 e. The van der Waals surface area contributed by atoms with Gasteiger partial charge in [0.05, 0.1) is 5.56 Å². The molecule has 2 aliphatic rings. The number of fused-ring (bicyclic) bond motifs is 2. The molecule has 2 heterocycles. The van der Waals surface area contributed by atoms with Crippen molar-refractivity contribution in [1.29, 1.82) is 0 Å². The normalized spacial score (nSPS) is 16.3. The van der Waals surface area contributed by atoms with E-state index in [1.54, 1.807) is 4.90 Å². The van der Waals surface area contributed by atoms with Crippen molar-refractivity contribution in [3.05, 3.63) is 83.4 Å². The molecule has 154 valence electrons. The van der Waals surface area contributed by atoms with E-state index >= 15 is 0 Å². The number of amides is 1. The largest absolute Gasteiger partial charge is 0.481 e. The lowest BCUT2D eigenvalue weighted by molar-refractivity contribution is 0.0664. The lowest BCUT2D eigenvalue weighted by Crippen LogP contribution is -2.42. The fourth-order valence-electron chi connectivity index (χ4n) is 3.89. The third kappa shape index (κ3) is 3.51. The van der Waals surface area contributed by atoms with Gasteiger partial charge in [0.1, 0.15) is 18.5 Å². The highest BCUT2D eigenvalue weighted by Gasteiger charge is 2.34. The van der Waals surface area contributed by atoms with Crippen molar-refractivity contribution in [3.63, 3.8) is 0 Å². The molecule has 0 fully saturated rings.